The number of fused-ring (bicyclic) bond motifs is 1. The lowest BCUT2D eigenvalue weighted by Crippen LogP contribution is -2.37. The third kappa shape index (κ3) is 4.44. The first-order valence-corrected chi connectivity index (χ1v) is 12.0. The van der Waals surface area contributed by atoms with E-state index in [4.69, 9.17) is 4.42 Å². The quantitative estimate of drug-likeness (QED) is 0.301. The Morgan fingerprint density at radius 2 is 1.94 bits per heavy atom. The minimum Gasteiger partial charge on any atom is -0.443 e. The van der Waals surface area contributed by atoms with E-state index in [1.54, 1.807) is 0 Å². The molecule has 4 rings (SSSR count). The first kappa shape index (κ1) is 23.2. The van der Waals surface area contributed by atoms with E-state index in [1.165, 1.54) is 12.1 Å². The van der Waals surface area contributed by atoms with Crippen LogP contribution in [-0.4, -0.2) is 41.5 Å². The fourth-order valence-electron chi connectivity index (χ4n) is 3.17. The number of sulfonamides is 1. The van der Waals surface area contributed by atoms with Crippen LogP contribution in [0, 0.1) is 21.0 Å². The highest BCUT2D eigenvalue weighted by atomic mass is 127. The molecule has 1 aromatic heterocycles. The summed E-state index contributed by atoms with van der Waals surface area (Å²) < 4.78 is 75.7. The molecule has 172 valence electrons. The zero-order valence-corrected chi connectivity index (χ0v) is 19.1. The molecular formula is C19H17F3IN3O5S. The molecule has 13 heteroatoms. The largest absolute Gasteiger partial charge is 0.443 e. The number of nitrogens with zero attached hydrogens (tertiary/aromatic N) is 1. The smallest absolute Gasteiger partial charge is 0.214 e. The van der Waals surface area contributed by atoms with Gasteiger partial charge in [-0.05, 0) is 53.6 Å². The van der Waals surface area contributed by atoms with E-state index < -0.39 is 68.2 Å². The highest BCUT2D eigenvalue weighted by molar-refractivity contribution is 14.1. The lowest BCUT2D eigenvalue weighted by atomic mass is 9.99. The van der Waals surface area contributed by atoms with Crippen molar-refractivity contribution in [1.82, 2.24) is 9.71 Å². The number of halogens is 4. The Hall–Kier alpha value is -1.94. The summed E-state index contributed by atoms with van der Waals surface area (Å²) in [6.45, 7) is -0.591. The second kappa shape index (κ2) is 8.78. The van der Waals surface area contributed by atoms with Gasteiger partial charge in [-0.15, -0.1) is 0 Å². The zero-order chi connectivity index (χ0) is 23.2. The van der Waals surface area contributed by atoms with Crippen molar-refractivity contribution in [3.63, 3.8) is 0 Å². The van der Waals surface area contributed by atoms with Gasteiger partial charge in [0.1, 0.15) is 17.4 Å². The second-order valence-electron chi connectivity index (χ2n) is 7.30. The van der Waals surface area contributed by atoms with Crippen LogP contribution in [0.5, 0.6) is 0 Å². The molecule has 1 saturated carbocycles. The van der Waals surface area contributed by atoms with Crippen LogP contribution in [-0.2, 0) is 10.0 Å². The van der Waals surface area contributed by atoms with E-state index >= 15 is 0 Å². The molecule has 1 fully saturated rings. The number of rotatable bonds is 8. The molecule has 1 aliphatic rings. The van der Waals surface area contributed by atoms with Gasteiger partial charge in [0, 0.05) is 10.1 Å². The Bertz CT molecular complexity index is 1280. The summed E-state index contributed by atoms with van der Waals surface area (Å²) in [4.78, 5) is 3.59. The van der Waals surface area contributed by atoms with Gasteiger partial charge in [0.25, 0.3) is 0 Å². The highest BCUT2D eigenvalue weighted by Gasteiger charge is 2.37. The number of aromatic nitrogens is 1. The lowest BCUT2D eigenvalue weighted by Gasteiger charge is -2.22. The zero-order valence-electron chi connectivity index (χ0n) is 16.1. The average molecular weight is 583 g/mol. The number of hydrogen-bond donors (Lipinski definition) is 4. The first-order chi connectivity index (χ1) is 15.1. The maximum atomic E-state index is 14.9. The van der Waals surface area contributed by atoms with E-state index in [2.05, 4.69) is 15.0 Å². The van der Waals surface area contributed by atoms with Gasteiger partial charge in [-0.25, -0.2) is 31.3 Å². The molecule has 1 aliphatic carbocycles. The maximum Gasteiger partial charge on any atom is 0.214 e. The van der Waals surface area contributed by atoms with Gasteiger partial charge in [-0.2, -0.15) is 0 Å². The number of hydrogen-bond acceptors (Lipinski definition) is 7. The van der Waals surface area contributed by atoms with Crippen LogP contribution in [0.4, 0.5) is 24.5 Å². The normalized spacial score (nSPS) is 16.3. The van der Waals surface area contributed by atoms with Crippen LogP contribution in [0.25, 0.3) is 11.1 Å². The SMILES string of the molecule is O=S(=O)(NCC(O)C(O)c1c(Nc2ccc(I)cc2F)c(F)c(F)c2ncoc12)C1CC1. The Morgan fingerprint density at radius 1 is 1.22 bits per heavy atom. The van der Waals surface area contributed by atoms with Crippen molar-refractivity contribution in [3.05, 3.63) is 51.2 Å². The topological polar surface area (TPSA) is 125 Å². The first-order valence-electron chi connectivity index (χ1n) is 9.41. The van der Waals surface area contributed by atoms with E-state index in [0.717, 1.165) is 12.5 Å². The molecule has 0 aliphatic heterocycles. The molecule has 32 heavy (non-hydrogen) atoms. The van der Waals surface area contributed by atoms with E-state index in [0.29, 0.717) is 16.4 Å². The molecule has 2 unspecified atom stereocenters. The van der Waals surface area contributed by atoms with E-state index in [9.17, 15) is 31.8 Å². The Morgan fingerprint density at radius 3 is 2.59 bits per heavy atom. The number of aliphatic hydroxyl groups is 2. The third-order valence-corrected chi connectivity index (χ3v) is 7.60. The molecule has 0 amide bonds. The predicted octanol–water partition coefficient (Wildman–Crippen LogP) is 3.07. The number of benzene rings is 2. The van der Waals surface area contributed by atoms with Crippen LogP contribution < -0.4 is 10.0 Å². The minimum atomic E-state index is -3.67. The molecule has 0 spiro atoms. The number of aliphatic hydroxyl groups excluding tert-OH is 2. The van der Waals surface area contributed by atoms with Crippen molar-refractivity contribution in [2.24, 2.45) is 0 Å². The number of nitrogens with one attached hydrogen (secondary N) is 2. The summed E-state index contributed by atoms with van der Waals surface area (Å²) in [5, 5.41) is 23.0. The van der Waals surface area contributed by atoms with Gasteiger partial charge >= 0.3 is 0 Å². The summed E-state index contributed by atoms with van der Waals surface area (Å²) >= 11 is 1.87. The van der Waals surface area contributed by atoms with Gasteiger partial charge in [0.05, 0.1) is 28.3 Å². The van der Waals surface area contributed by atoms with Crippen molar-refractivity contribution in [3.8, 4) is 0 Å². The molecule has 8 nitrogen and oxygen atoms in total. The Labute approximate surface area is 194 Å². The minimum absolute atomic E-state index is 0.222. The van der Waals surface area contributed by atoms with E-state index in [1.807, 2.05) is 22.6 Å². The van der Waals surface area contributed by atoms with Gasteiger partial charge in [0.2, 0.25) is 10.0 Å². The van der Waals surface area contributed by atoms with Gasteiger partial charge in [-0.3, -0.25) is 0 Å². The van der Waals surface area contributed by atoms with Crippen molar-refractivity contribution in [2.45, 2.75) is 30.3 Å². The predicted molar refractivity (Wildman–Crippen MR) is 117 cm³/mol. The van der Waals surface area contributed by atoms with Crippen LogP contribution >= 0.6 is 22.6 Å². The molecule has 0 bridgehead atoms. The van der Waals surface area contributed by atoms with Crippen LogP contribution in [0.15, 0.2) is 29.0 Å². The van der Waals surface area contributed by atoms with Gasteiger partial charge < -0.3 is 19.9 Å². The van der Waals surface area contributed by atoms with Crippen molar-refractivity contribution in [2.75, 3.05) is 11.9 Å². The monoisotopic (exact) mass is 583 g/mol. The summed E-state index contributed by atoms with van der Waals surface area (Å²) in [5.74, 6) is -3.65. The van der Waals surface area contributed by atoms with Crippen molar-refractivity contribution in [1.29, 1.82) is 0 Å². The molecule has 2 aromatic carbocycles. The summed E-state index contributed by atoms with van der Waals surface area (Å²) in [6, 6.07) is 3.96. The molecule has 3 aromatic rings. The Kier molecular flexibility index (Phi) is 6.37. The highest BCUT2D eigenvalue weighted by Crippen LogP contribution is 2.39. The Balaban J connectivity index is 1.73. The summed E-state index contributed by atoms with van der Waals surface area (Å²) in [6.07, 6.45) is -1.89. The van der Waals surface area contributed by atoms with Gasteiger partial charge in [-0.1, -0.05) is 0 Å². The van der Waals surface area contributed by atoms with Crippen molar-refractivity contribution >= 4 is 55.1 Å². The molecule has 2 atom stereocenters. The molecule has 0 saturated heterocycles. The van der Waals surface area contributed by atoms with Crippen LogP contribution in [0.1, 0.15) is 24.5 Å². The number of oxazole rings is 1. The van der Waals surface area contributed by atoms with Crippen LogP contribution in [0.2, 0.25) is 0 Å². The molecule has 0 radical (unpaired) electrons. The van der Waals surface area contributed by atoms with Gasteiger partial charge in [0.15, 0.2) is 23.6 Å². The lowest BCUT2D eigenvalue weighted by molar-refractivity contribution is 0.0228. The van der Waals surface area contributed by atoms with Crippen LogP contribution in [0.3, 0.4) is 0 Å². The fraction of sp³-hybridized carbons (Fsp3) is 0.316. The number of anilines is 2. The standard InChI is InChI=1S/C19H17F3IN3O5S/c20-10-5-8(23)1-4-11(10)26-16-13(19-17(24-7-31-19)15(22)14(16)21)18(28)12(27)6-25-32(29,30)9-2-3-9/h1,4-5,7,9,12,18,25-28H,2-3,6H2. The molecular weight excluding hydrogens is 566 g/mol. The second-order valence-corrected chi connectivity index (χ2v) is 10.6. The molecule has 1 heterocycles. The summed E-state index contributed by atoms with van der Waals surface area (Å²) in [7, 11) is -3.67. The third-order valence-electron chi connectivity index (χ3n) is 5.01. The fourth-order valence-corrected chi connectivity index (χ4v) is 5.02. The molecule has 4 N–H and O–H groups in total. The summed E-state index contributed by atoms with van der Waals surface area (Å²) in [5.41, 5.74) is -2.26. The average Bonchev–Trinajstić information content (AvgIpc) is 3.50. The van der Waals surface area contributed by atoms with E-state index in [-0.39, 0.29) is 11.3 Å². The van der Waals surface area contributed by atoms with Crippen molar-refractivity contribution < 1.29 is 36.2 Å². The maximum absolute atomic E-state index is 14.9.